The van der Waals surface area contributed by atoms with E-state index in [-0.39, 0.29) is 12.5 Å². The first-order chi connectivity index (χ1) is 15.9. The van der Waals surface area contributed by atoms with Crippen LogP contribution in [0.3, 0.4) is 0 Å². The maximum atomic E-state index is 13.4. The number of carbonyl (C=O) groups excluding carboxylic acids is 3. The van der Waals surface area contributed by atoms with Crippen molar-refractivity contribution in [2.24, 2.45) is 0 Å². The third-order valence-corrected chi connectivity index (χ3v) is 6.51. The zero-order chi connectivity index (χ0) is 23.4. The van der Waals surface area contributed by atoms with E-state index in [1.165, 1.54) is 12.1 Å². The Balaban J connectivity index is 1.40. The number of thioether (sulfide) groups is 1. The van der Waals surface area contributed by atoms with Crippen LogP contribution in [-0.4, -0.2) is 64.5 Å². The summed E-state index contributed by atoms with van der Waals surface area (Å²) in [5.74, 6) is -0.842. The molecule has 4 rings (SSSR count). The van der Waals surface area contributed by atoms with Crippen molar-refractivity contribution in [2.75, 3.05) is 32.7 Å². The zero-order valence-electron chi connectivity index (χ0n) is 18.1. The largest absolute Gasteiger partial charge is 0.336 e. The van der Waals surface area contributed by atoms with Crippen LogP contribution >= 0.6 is 11.8 Å². The van der Waals surface area contributed by atoms with Crippen molar-refractivity contribution in [3.63, 3.8) is 0 Å². The van der Waals surface area contributed by atoms with Gasteiger partial charge in [0.05, 0.1) is 11.4 Å². The zero-order valence-corrected chi connectivity index (χ0v) is 18.9. The molecule has 0 atom stereocenters. The van der Waals surface area contributed by atoms with Crippen LogP contribution in [0.1, 0.15) is 21.5 Å². The Morgan fingerprint density at radius 3 is 2.45 bits per heavy atom. The number of carbonyl (C=O) groups is 3. The molecule has 2 saturated heterocycles. The van der Waals surface area contributed by atoms with Gasteiger partial charge in [-0.05, 0) is 53.2 Å². The standard InChI is InChI=1S/C25H24FN3O3S/c1-2-10-27-11-13-28(14-12-27)23(30)20-8-6-18(7-9-20)16-22-24(31)29(25(32)33-22)17-19-4-3-5-21(26)15-19/h2-9,15-16H,1,10-14,17H2. The molecule has 33 heavy (non-hydrogen) atoms. The predicted molar refractivity (Wildman–Crippen MR) is 127 cm³/mol. The van der Waals surface area contributed by atoms with Gasteiger partial charge >= 0.3 is 0 Å². The SMILES string of the molecule is C=CCN1CCN(C(=O)c2ccc(C=C3SC(=O)N(Cc4cccc(F)c4)C3=O)cc2)CC1. The topological polar surface area (TPSA) is 60.9 Å². The first kappa shape index (κ1) is 22.9. The summed E-state index contributed by atoms with van der Waals surface area (Å²) in [6.07, 6.45) is 3.51. The van der Waals surface area contributed by atoms with E-state index in [1.807, 2.05) is 11.0 Å². The van der Waals surface area contributed by atoms with Gasteiger partial charge in [-0.1, -0.05) is 30.3 Å². The lowest BCUT2D eigenvalue weighted by Gasteiger charge is -2.34. The van der Waals surface area contributed by atoms with E-state index in [0.717, 1.165) is 41.9 Å². The molecule has 0 N–H and O–H groups in total. The van der Waals surface area contributed by atoms with Gasteiger partial charge in [0, 0.05) is 38.3 Å². The minimum Gasteiger partial charge on any atom is -0.336 e. The quantitative estimate of drug-likeness (QED) is 0.477. The van der Waals surface area contributed by atoms with Crippen LogP contribution in [0.5, 0.6) is 0 Å². The van der Waals surface area contributed by atoms with Gasteiger partial charge in [-0.15, -0.1) is 6.58 Å². The van der Waals surface area contributed by atoms with E-state index in [4.69, 9.17) is 0 Å². The molecule has 170 valence electrons. The molecule has 0 spiro atoms. The second kappa shape index (κ2) is 10.1. The second-order valence-electron chi connectivity index (χ2n) is 7.90. The first-order valence-corrected chi connectivity index (χ1v) is 11.5. The molecule has 2 heterocycles. The molecule has 2 fully saturated rings. The molecule has 0 aliphatic carbocycles. The number of hydrogen-bond donors (Lipinski definition) is 0. The molecule has 0 radical (unpaired) electrons. The predicted octanol–water partition coefficient (Wildman–Crippen LogP) is 4.01. The fourth-order valence-corrected chi connectivity index (χ4v) is 4.66. The van der Waals surface area contributed by atoms with Gasteiger partial charge in [0.1, 0.15) is 5.82 Å². The number of hydrogen-bond acceptors (Lipinski definition) is 5. The number of imide groups is 1. The minimum atomic E-state index is -0.414. The van der Waals surface area contributed by atoms with Crippen molar-refractivity contribution >= 4 is 34.9 Å². The molecule has 0 saturated carbocycles. The van der Waals surface area contributed by atoms with Crippen LogP contribution in [-0.2, 0) is 11.3 Å². The average molecular weight is 466 g/mol. The molecule has 3 amide bonds. The molecule has 2 aliphatic rings. The van der Waals surface area contributed by atoms with E-state index in [9.17, 15) is 18.8 Å². The fraction of sp³-hybridized carbons (Fsp3) is 0.240. The molecule has 2 aliphatic heterocycles. The van der Waals surface area contributed by atoms with Crippen LogP contribution in [0.15, 0.2) is 66.1 Å². The van der Waals surface area contributed by atoms with Crippen LogP contribution in [0.25, 0.3) is 6.08 Å². The van der Waals surface area contributed by atoms with Crippen molar-refractivity contribution in [2.45, 2.75) is 6.54 Å². The molecule has 8 heteroatoms. The maximum Gasteiger partial charge on any atom is 0.293 e. The second-order valence-corrected chi connectivity index (χ2v) is 8.89. The van der Waals surface area contributed by atoms with Crippen molar-refractivity contribution in [3.05, 3.63) is 88.6 Å². The summed E-state index contributed by atoms with van der Waals surface area (Å²) in [5.41, 5.74) is 1.86. The number of nitrogens with zero attached hydrogens (tertiary/aromatic N) is 3. The monoisotopic (exact) mass is 465 g/mol. The molecular formula is C25H24FN3O3S. The summed E-state index contributed by atoms with van der Waals surface area (Å²) in [7, 11) is 0. The van der Waals surface area contributed by atoms with E-state index in [1.54, 1.807) is 42.5 Å². The Morgan fingerprint density at radius 2 is 1.79 bits per heavy atom. The van der Waals surface area contributed by atoms with Crippen molar-refractivity contribution in [3.8, 4) is 0 Å². The van der Waals surface area contributed by atoms with Crippen molar-refractivity contribution in [1.82, 2.24) is 14.7 Å². The number of halogens is 1. The highest BCUT2D eigenvalue weighted by molar-refractivity contribution is 8.18. The summed E-state index contributed by atoms with van der Waals surface area (Å²) >= 11 is 0.855. The van der Waals surface area contributed by atoms with Gasteiger partial charge in [-0.2, -0.15) is 0 Å². The number of rotatable bonds is 6. The van der Waals surface area contributed by atoms with Crippen LogP contribution in [0, 0.1) is 5.82 Å². The average Bonchev–Trinajstić information content (AvgIpc) is 3.07. The van der Waals surface area contributed by atoms with Gasteiger partial charge in [0.25, 0.3) is 17.1 Å². The van der Waals surface area contributed by atoms with Crippen molar-refractivity contribution in [1.29, 1.82) is 0 Å². The Kier molecular flexibility index (Phi) is 7.05. The highest BCUT2D eigenvalue weighted by Gasteiger charge is 2.35. The number of amides is 3. The molecule has 0 aromatic heterocycles. The van der Waals surface area contributed by atoms with E-state index < -0.39 is 17.0 Å². The minimum absolute atomic E-state index is 0.0183. The lowest BCUT2D eigenvalue weighted by atomic mass is 10.1. The molecule has 2 aromatic rings. The van der Waals surface area contributed by atoms with Gasteiger partial charge < -0.3 is 4.90 Å². The van der Waals surface area contributed by atoms with Gasteiger partial charge in [0.15, 0.2) is 0 Å². The Bertz CT molecular complexity index is 1110. The Labute approximate surface area is 196 Å². The third kappa shape index (κ3) is 5.40. The fourth-order valence-electron chi connectivity index (χ4n) is 3.83. The smallest absolute Gasteiger partial charge is 0.293 e. The number of benzene rings is 2. The summed E-state index contributed by atoms with van der Waals surface area (Å²) in [4.78, 5) is 43.3. The highest BCUT2D eigenvalue weighted by atomic mass is 32.2. The summed E-state index contributed by atoms with van der Waals surface area (Å²) < 4.78 is 13.4. The van der Waals surface area contributed by atoms with E-state index in [0.29, 0.717) is 29.1 Å². The lowest BCUT2D eigenvalue weighted by Crippen LogP contribution is -2.48. The Morgan fingerprint density at radius 1 is 1.06 bits per heavy atom. The lowest BCUT2D eigenvalue weighted by molar-refractivity contribution is -0.123. The van der Waals surface area contributed by atoms with Crippen LogP contribution in [0.2, 0.25) is 0 Å². The highest BCUT2D eigenvalue weighted by Crippen LogP contribution is 2.33. The summed E-state index contributed by atoms with van der Waals surface area (Å²) in [6.45, 7) is 7.59. The molecule has 6 nitrogen and oxygen atoms in total. The van der Waals surface area contributed by atoms with Crippen LogP contribution in [0.4, 0.5) is 9.18 Å². The van der Waals surface area contributed by atoms with E-state index in [2.05, 4.69) is 11.5 Å². The number of piperazine rings is 1. The van der Waals surface area contributed by atoms with Gasteiger partial charge in [-0.3, -0.25) is 24.2 Å². The first-order valence-electron chi connectivity index (χ1n) is 10.7. The van der Waals surface area contributed by atoms with Crippen LogP contribution < -0.4 is 0 Å². The molecule has 0 unspecified atom stereocenters. The molecule has 2 aromatic carbocycles. The molecule has 0 bridgehead atoms. The van der Waals surface area contributed by atoms with Gasteiger partial charge in [0.2, 0.25) is 0 Å². The third-order valence-electron chi connectivity index (χ3n) is 5.61. The van der Waals surface area contributed by atoms with E-state index >= 15 is 0 Å². The van der Waals surface area contributed by atoms with Crippen molar-refractivity contribution < 1.29 is 18.8 Å². The normalized spacial score (nSPS) is 18.3. The summed E-state index contributed by atoms with van der Waals surface area (Å²) in [5, 5.41) is -0.391. The maximum absolute atomic E-state index is 13.4. The van der Waals surface area contributed by atoms with Gasteiger partial charge in [-0.25, -0.2) is 4.39 Å². The molecular weight excluding hydrogens is 441 g/mol. The summed E-state index contributed by atoms with van der Waals surface area (Å²) in [6, 6.07) is 12.8. The Hall–Kier alpha value is -3.23.